The number of pyridine rings is 1. The van der Waals surface area contributed by atoms with Crippen molar-refractivity contribution in [3.05, 3.63) is 48.8 Å². The molecule has 0 fully saturated rings. The second-order valence-electron chi connectivity index (χ2n) is 3.36. The van der Waals surface area contributed by atoms with E-state index in [2.05, 4.69) is 41.3 Å². The summed E-state index contributed by atoms with van der Waals surface area (Å²) in [4.78, 5) is 7.84. The van der Waals surface area contributed by atoms with E-state index >= 15 is 0 Å². The standard InChI is InChI=1S/C7H9NS.C5H8N2S/c9-5-3-7-2-1-4-8-6-7;8-4-3-7-2-1-6-5-7/h1-2,4,6,9H,3,5H2;1-2,5,8H,3-4H2. The van der Waals surface area contributed by atoms with Crippen molar-refractivity contribution in [3.8, 4) is 0 Å². The van der Waals surface area contributed by atoms with Crippen LogP contribution in [0.2, 0.25) is 0 Å². The highest BCUT2D eigenvalue weighted by Crippen LogP contribution is 1.96. The molecule has 5 heteroatoms. The molecule has 2 aromatic rings. The molecule has 0 aliphatic rings. The SMILES string of the molecule is SCCc1cccnc1.SCCn1ccnc1. The van der Waals surface area contributed by atoms with Crippen molar-refractivity contribution in [2.75, 3.05) is 11.5 Å². The Bertz CT molecular complexity index is 376. The minimum atomic E-state index is 0.871. The van der Waals surface area contributed by atoms with Gasteiger partial charge in [0.05, 0.1) is 6.33 Å². The quantitative estimate of drug-likeness (QED) is 0.833. The van der Waals surface area contributed by atoms with Crippen LogP contribution in [0.15, 0.2) is 43.2 Å². The lowest BCUT2D eigenvalue weighted by Gasteiger charge is -1.92. The molecule has 0 aliphatic carbocycles. The Kier molecular flexibility index (Phi) is 7.58. The highest BCUT2D eigenvalue weighted by molar-refractivity contribution is 7.80. The van der Waals surface area contributed by atoms with Gasteiger partial charge in [0, 0.05) is 37.1 Å². The van der Waals surface area contributed by atoms with Crippen LogP contribution in [-0.4, -0.2) is 26.0 Å². The molecule has 2 rings (SSSR count). The minimum absolute atomic E-state index is 0.871. The first-order chi connectivity index (χ1) is 8.36. The molecular formula is C12H17N3S2. The molecule has 3 nitrogen and oxygen atoms in total. The first-order valence-corrected chi connectivity index (χ1v) is 6.69. The van der Waals surface area contributed by atoms with Gasteiger partial charge in [-0.2, -0.15) is 25.3 Å². The number of nitrogens with zero attached hydrogens (tertiary/aromatic N) is 3. The third kappa shape index (κ3) is 6.38. The maximum Gasteiger partial charge on any atom is 0.0946 e. The fraction of sp³-hybridized carbons (Fsp3) is 0.333. The van der Waals surface area contributed by atoms with Crippen LogP contribution in [0.25, 0.3) is 0 Å². The van der Waals surface area contributed by atoms with E-state index in [-0.39, 0.29) is 0 Å². The zero-order chi connectivity index (χ0) is 12.3. The first kappa shape index (κ1) is 14.1. The molecule has 0 atom stereocenters. The van der Waals surface area contributed by atoms with Crippen LogP contribution in [-0.2, 0) is 13.0 Å². The number of rotatable bonds is 4. The van der Waals surface area contributed by atoms with E-state index in [1.807, 2.05) is 23.0 Å². The van der Waals surface area contributed by atoms with Crippen molar-refractivity contribution in [2.45, 2.75) is 13.0 Å². The van der Waals surface area contributed by atoms with Crippen molar-refractivity contribution in [2.24, 2.45) is 0 Å². The van der Waals surface area contributed by atoms with E-state index in [1.54, 1.807) is 18.7 Å². The van der Waals surface area contributed by atoms with Gasteiger partial charge in [-0.15, -0.1) is 0 Å². The van der Waals surface area contributed by atoms with Gasteiger partial charge < -0.3 is 4.57 Å². The van der Waals surface area contributed by atoms with Gasteiger partial charge in [0.1, 0.15) is 0 Å². The summed E-state index contributed by atoms with van der Waals surface area (Å²) in [6.45, 7) is 0.948. The molecule has 2 aromatic heterocycles. The van der Waals surface area contributed by atoms with Crippen LogP contribution in [0.5, 0.6) is 0 Å². The molecule has 0 saturated heterocycles. The van der Waals surface area contributed by atoms with Crippen molar-refractivity contribution in [1.29, 1.82) is 0 Å². The van der Waals surface area contributed by atoms with Gasteiger partial charge in [-0.25, -0.2) is 4.98 Å². The number of aryl methyl sites for hydroxylation is 2. The molecule has 0 radical (unpaired) electrons. The number of hydrogen-bond donors (Lipinski definition) is 2. The van der Waals surface area contributed by atoms with E-state index in [0.717, 1.165) is 24.5 Å². The van der Waals surface area contributed by atoms with E-state index < -0.39 is 0 Å². The van der Waals surface area contributed by atoms with Gasteiger partial charge in [-0.3, -0.25) is 4.98 Å². The Morgan fingerprint density at radius 3 is 2.53 bits per heavy atom. The maximum atomic E-state index is 4.10. The van der Waals surface area contributed by atoms with Crippen LogP contribution in [0.3, 0.4) is 0 Å². The summed E-state index contributed by atoms with van der Waals surface area (Å²) >= 11 is 8.16. The maximum absolute atomic E-state index is 4.10. The van der Waals surface area contributed by atoms with Crippen LogP contribution in [0, 0.1) is 0 Å². The zero-order valence-corrected chi connectivity index (χ0v) is 11.4. The van der Waals surface area contributed by atoms with E-state index in [9.17, 15) is 0 Å². The average molecular weight is 267 g/mol. The largest absolute Gasteiger partial charge is 0.337 e. The van der Waals surface area contributed by atoms with E-state index in [1.165, 1.54) is 5.56 Å². The lowest BCUT2D eigenvalue weighted by molar-refractivity contribution is 0.772. The summed E-state index contributed by atoms with van der Waals surface area (Å²) in [7, 11) is 0. The van der Waals surface area contributed by atoms with E-state index in [4.69, 9.17) is 0 Å². The molecule has 0 unspecified atom stereocenters. The fourth-order valence-corrected chi connectivity index (χ4v) is 1.70. The highest BCUT2D eigenvalue weighted by atomic mass is 32.1. The predicted molar refractivity (Wildman–Crippen MR) is 77.9 cm³/mol. The zero-order valence-electron chi connectivity index (χ0n) is 9.61. The fourth-order valence-electron chi connectivity index (χ4n) is 1.21. The summed E-state index contributed by atoms with van der Waals surface area (Å²) in [6.07, 6.45) is 10.1. The predicted octanol–water partition coefficient (Wildman–Crippen LogP) is 2.37. The molecule has 0 bridgehead atoms. The molecule has 0 aliphatic heterocycles. The summed E-state index contributed by atoms with van der Waals surface area (Å²) in [5, 5.41) is 0. The van der Waals surface area contributed by atoms with Gasteiger partial charge in [0.2, 0.25) is 0 Å². The van der Waals surface area contributed by atoms with Gasteiger partial charge >= 0.3 is 0 Å². The average Bonchev–Trinajstić information content (AvgIpc) is 2.85. The Morgan fingerprint density at radius 1 is 1.12 bits per heavy atom. The van der Waals surface area contributed by atoms with Crippen LogP contribution >= 0.6 is 25.3 Å². The van der Waals surface area contributed by atoms with Crippen LogP contribution in [0.4, 0.5) is 0 Å². The Morgan fingerprint density at radius 2 is 2.00 bits per heavy atom. The third-order valence-corrected chi connectivity index (χ3v) is 2.46. The van der Waals surface area contributed by atoms with Gasteiger partial charge in [-0.1, -0.05) is 6.07 Å². The highest BCUT2D eigenvalue weighted by Gasteiger charge is 1.86. The lowest BCUT2D eigenvalue weighted by Crippen LogP contribution is -1.93. The second-order valence-corrected chi connectivity index (χ2v) is 4.25. The summed E-state index contributed by atoms with van der Waals surface area (Å²) in [6, 6.07) is 4.00. The molecule has 92 valence electrons. The molecule has 0 N–H and O–H groups in total. The smallest absolute Gasteiger partial charge is 0.0946 e. The van der Waals surface area contributed by atoms with Crippen LogP contribution in [0.1, 0.15) is 5.56 Å². The van der Waals surface area contributed by atoms with E-state index in [0.29, 0.717) is 0 Å². The molecule has 0 aromatic carbocycles. The first-order valence-electron chi connectivity index (χ1n) is 5.43. The van der Waals surface area contributed by atoms with Crippen molar-refractivity contribution in [3.63, 3.8) is 0 Å². The number of imidazole rings is 1. The summed E-state index contributed by atoms with van der Waals surface area (Å²) < 4.78 is 1.99. The number of thiol groups is 2. The van der Waals surface area contributed by atoms with Crippen LogP contribution < -0.4 is 0 Å². The third-order valence-electron chi connectivity index (χ3n) is 2.04. The number of hydrogen-bond acceptors (Lipinski definition) is 4. The summed E-state index contributed by atoms with van der Waals surface area (Å²) in [5.41, 5.74) is 1.26. The van der Waals surface area contributed by atoms with Crippen molar-refractivity contribution in [1.82, 2.24) is 14.5 Å². The van der Waals surface area contributed by atoms with Crippen molar-refractivity contribution < 1.29 is 0 Å². The minimum Gasteiger partial charge on any atom is -0.337 e. The molecule has 0 spiro atoms. The molecule has 17 heavy (non-hydrogen) atoms. The second kappa shape index (κ2) is 9.13. The normalized spacial score (nSPS) is 9.53. The Balaban J connectivity index is 0.000000171. The number of aromatic nitrogens is 3. The Labute approximate surface area is 113 Å². The van der Waals surface area contributed by atoms with Gasteiger partial charge in [0.25, 0.3) is 0 Å². The van der Waals surface area contributed by atoms with Crippen molar-refractivity contribution >= 4 is 25.3 Å². The molecular weight excluding hydrogens is 250 g/mol. The molecule has 0 saturated carbocycles. The molecule has 0 amide bonds. The van der Waals surface area contributed by atoms with Gasteiger partial charge in [-0.05, 0) is 23.8 Å². The monoisotopic (exact) mass is 267 g/mol. The summed E-state index contributed by atoms with van der Waals surface area (Å²) in [5.74, 6) is 1.77. The Hall–Kier alpha value is -0.940. The molecule has 2 heterocycles. The van der Waals surface area contributed by atoms with Gasteiger partial charge in [0.15, 0.2) is 0 Å². The lowest BCUT2D eigenvalue weighted by atomic mass is 10.2. The topological polar surface area (TPSA) is 30.7 Å².